The minimum absolute atomic E-state index is 0.00161. The number of thioether (sulfide) groups is 1. The average molecular weight is 375 g/mol. The molecule has 7 heteroatoms. The van der Waals surface area contributed by atoms with E-state index in [9.17, 15) is 9.90 Å². The zero-order valence-electron chi connectivity index (χ0n) is 13.3. The highest BCUT2D eigenvalue weighted by atomic mass is 35.5. The number of phenolic OH excluding ortho intramolecular Hbond substituents is 1. The lowest BCUT2D eigenvalue weighted by Gasteiger charge is -2.07. The van der Waals surface area contributed by atoms with Gasteiger partial charge in [-0.3, -0.25) is 4.79 Å². The van der Waals surface area contributed by atoms with Gasteiger partial charge < -0.3 is 15.2 Å². The fourth-order valence-corrected chi connectivity index (χ4v) is 3.20. The van der Waals surface area contributed by atoms with Crippen LogP contribution < -0.4 is 10.1 Å². The van der Waals surface area contributed by atoms with E-state index in [1.165, 1.54) is 11.8 Å². The first kappa shape index (κ1) is 17.4. The van der Waals surface area contributed by atoms with Crippen molar-refractivity contribution >= 4 is 46.2 Å². The number of amides is 1. The van der Waals surface area contributed by atoms with Crippen LogP contribution in [0.4, 0.5) is 5.69 Å². The highest BCUT2D eigenvalue weighted by molar-refractivity contribution is 8.18. The number of hydrogen-bond donors (Lipinski definition) is 2. The number of aliphatic imine (C=N–C) groups is 1. The second-order valence-electron chi connectivity index (χ2n) is 5.06. The third-order valence-corrected chi connectivity index (χ3v) is 4.57. The van der Waals surface area contributed by atoms with Crippen LogP contribution in [0.5, 0.6) is 11.5 Å². The number of para-hydroxylation sites is 2. The van der Waals surface area contributed by atoms with Crippen LogP contribution in [0.2, 0.25) is 5.02 Å². The summed E-state index contributed by atoms with van der Waals surface area (Å²) in [7, 11) is 0. The highest BCUT2D eigenvalue weighted by Gasteiger charge is 2.24. The zero-order chi connectivity index (χ0) is 17.8. The molecule has 3 rings (SSSR count). The third-order valence-electron chi connectivity index (χ3n) is 3.34. The molecule has 0 atom stereocenters. The maximum atomic E-state index is 12.2. The van der Waals surface area contributed by atoms with E-state index in [2.05, 4.69) is 10.3 Å². The summed E-state index contributed by atoms with van der Waals surface area (Å²) in [5, 5.41) is 13.9. The smallest absolute Gasteiger partial charge is 0.264 e. The second-order valence-corrected chi connectivity index (χ2v) is 6.50. The Kier molecular flexibility index (Phi) is 5.31. The van der Waals surface area contributed by atoms with Gasteiger partial charge in [-0.1, -0.05) is 35.9 Å². The molecule has 2 aromatic rings. The van der Waals surface area contributed by atoms with Crippen LogP contribution in [0, 0.1) is 0 Å². The molecule has 0 saturated carbocycles. The van der Waals surface area contributed by atoms with Gasteiger partial charge in [0.05, 0.1) is 22.2 Å². The molecule has 0 aromatic heterocycles. The fraction of sp³-hybridized carbons (Fsp3) is 0.111. The van der Waals surface area contributed by atoms with Crippen molar-refractivity contribution in [3.05, 3.63) is 58.0 Å². The number of amidine groups is 1. The van der Waals surface area contributed by atoms with E-state index in [-0.39, 0.29) is 11.7 Å². The lowest BCUT2D eigenvalue weighted by atomic mass is 10.1. The molecule has 2 aromatic carbocycles. The number of carbonyl (C=O) groups is 1. The molecular weight excluding hydrogens is 360 g/mol. The van der Waals surface area contributed by atoms with Gasteiger partial charge in [-0.25, -0.2) is 4.99 Å². The van der Waals surface area contributed by atoms with Crippen molar-refractivity contribution in [3.8, 4) is 11.5 Å². The summed E-state index contributed by atoms with van der Waals surface area (Å²) < 4.78 is 5.36. The summed E-state index contributed by atoms with van der Waals surface area (Å²) in [5.41, 5.74) is 1.08. The number of aromatic hydroxyl groups is 1. The third kappa shape index (κ3) is 3.97. The largest absolute Gasteiger partial charge is 0.504 e. The molecule has 1 saturated heterocycles. The van der Waals surface area contributed by atoms with E-state index >= 15 is 0 Å². The van der Waals surface area contributed by atoms with Gasteiger partial charge in [0.25, 0.3) is 5.91 Å². The van der Waals surface area contributed by atoms with Crippen molar-refractivity contribution in [2.75, 3.05) is 6.61 Å². The summed E-state index contributed by atoms with van der Waals surface area (Å²) in [6.07, 6.45) is 1.60. The Bertz CT molecular complexity index is 880. The van der Waals surface area contributed by atoms with E-state index in [0.29, 0.717) is 38.7 Å². The maximum Gasteiger partial charge on any atom is 0.264 e. The van der Waals surface area contributed by atoms with Gasteiger partial charge in [0.1, 0.15) is 0 Å². The predicted octanol–water partition coefficient (Wildman–Crippen LogP) is 4.34. The van der Waals surface area contributed by atoms with Gasteiger partial charge in [0, 0.05) is 5.56 Å². The first-order valence-electron chi connectivity index (χ1n) is 7.57. The summed E-state index contributed by atoms with van der Waals surface area (Å²) in [6.45, 7) is 2.28. The summed E-state index contributed by atoms with van der Waals surface area (Å²) in [6, 6.07) is 12.3. The highest BCUT2D eigenvalue weighted by Crippen LogP contribution is 2.35. The Morgan fingerprint density at radius 2 is 2.08 bits per heavy atom. The molecule has 2 N–H and O–H groups in total. The fourth-order valence-electron chi connectivity index (χ4n) is 2.20. The Morgan fingerprint density at radius 3 is 2.84 bits per heavy atom. The molecule has 0 radical (unpaired) electrons. The van der Waals surface area contributed by atoms with E-state index < -0.39 is 0 Å². The average Bonchev–Trinajstić information content (AvgIpc) is 2.93. The van der Waals surface area contributed by atoms with Gasteiger partial charge in [0.15, 0.2) is 16.7 Å². The normalized spacial score (nSPS) is 17.1. The van der Waals surface area contributed by atoms with Crippen molar-refractivity contribution in [1.29, 1.82) is 0 Å². The van der Waals surface area contributed by atoms with E-state index in [1.807, 2.05) is 19.1 Å². The molecular formula is C18H15ClN2O3S. The van der Waals surface area contributed by atoms with Gasteiger partial charge in [-0.2, -0.15) is 0 Å². The van der Waals surface area contributed by atoms with Crippen molar-refractivity contribution < 1.29 is 14.6 Å². The minimum Gasteiger partial charge on any atom is -0.504 e. The molecule has 0 spiro atoms. The lowest BCUT2D eigenvalue weighted by Crippen LogP contribution is -2.19. The maximum absolute atomic E-state index is 12.2. The predicted molar refractivity (Wildman–Crippen MR) is 102 cm³/mol. The van der Waals surface area contributed by atoms with Gasteiger partial charge >= 0.3 is 0 Å². The Balaban J connectivity index is 1.87. The quantitative estimate of drug-likeness (QED) is 0.781. The van der Waals surface area contributed by atoms with Crippen LogP contribution >= 0.6 is 23.4 Å². The van der Waals surface area contributed by atoms with Gasteiger partial charge in [-0.05, 0) is 43.0 Å². The van der Waals surface area contributed by atoms with Crippen molar-refractivity contribution in [2.45, 2.75) is 6.92 Å². The number of rotatable bonds is 4. The molecule has 1 amide bonds. The molecule has 0 aliphatic carbocycles. The standard InChI is InChI=1S/C18H15ClN2O3S/c1-2-24-14-9-5-6-11(16(14)22)10-15-17(23)21-18(25-15)20-13-8-4-3-7-12(13)19/h3-10,22H,2H2,1H3,(H,20,21,23). The van der Waals surface area contributed by atoms with Crippen LogP contribution in [-0.4, -0.2) is 22.8 Å². The molecule has 25 heavy (non-hydrogen) atoms. The number of halogens is 1. The van der Waals surface area contributed by atoms with Crippen molar-refractivity contribution in [2.24, 2.45) is 4.99 Å². The number of benzene rings is 2. The van der Waals surface area contributed by atoms with Crippen LogP contribution in [0.3, 0.4) is 0 Å². The number of nitrogens with zero attached hydrogens (tertiary/aromatic N) is 1. The Labute approximate surface area is 154 Å². The topological polar surface area (TPSA) is 70.9 Å². The monoisotopic (exact) mass is 374 g/mol. The summed E-state index contributed by atoms with van der Waals surface area (Å²) >= 11 is 7.27. The number of carbonyl (C=O) groups excluding carboxylic acids is 1. The lowest BCUT2D eigenvalue weighted by molar-refractivity contribution is -0.115. The number of hydrogen-bond acceptors (Lipinski definition) is 5. The molecule has 0 bridgehead atoms. The molecule has 1 aliphatic heterocycles. The minimum atomic E-state index is -0.281. The summed E-state index contributed by atoms with van der Waals surface area (Å²) in [4.78, 5) is 16.9. The summed E-state index contributed by atoms with van der Waals surface area (Å²) in [5.74, 6) is 0.101. The van der Waals surface area contributed by atoms with Crippen LogP contribution in [0.1, 0.15) is 12.5 Å². The molecule has 1 fully saturated rings. The van der Waals surface area contributed by atoms with Crippen LogP contribution in [0.25, 0.3) is 6.08 Å². The number of nitrogens with one attached hydrogen (secondary N) is 1. The van der Waals surface area contributed by atoms with Crippen molar-refractivity contribution in [3.63, 3.8) is 0 Å². The van der Waals surface area contributed by atoms with Crippen molar-refractivity contribution in [1.82, 2.24) is 5.32 Å². The SMILES string of the molecule is CCOc1cccc(C=C2SC(=Nc3ccccc3Cl)NC2=O)c1O. The van der Waals surface area contributed by atoms with Crippen LogP contribution in [-0.2, 0) is 4.79 Å². The Morgan fingerprint density at radius 1 is 1.28 bits per heavy atom. The number of ether oxygens (including phenoxy) is 1. The van der Waals surface area contributed by atoms with Crippen LogP contribution in [0.15, 0.2) is 52.4 Å². The Hall–Kier alpha value is -2.44. The van der Waals surface area contributed by atoms with E-state index in [0.717, 1.165) is 0 Å². The van der Waals surface area contributed by atoms with E-state index in [1.54, 1.807) is 36.4 Å². The first-order chi connectivity index (χ1) is 12.1. The molecule has 1 heterocycles. The van der Waals surface area contributed by atoms with Gasteiger partial charge in [-0.15, -0.1) is 0 Å². The zero-order valence-corrected chi connectivity index (χ0v) is 14.9. The molecule has 1 aliphatic rings. The molecule has 128 valence electrons. The van der Waals surface area contributed by atoms with Gasteiger partial charge in [0.2, 0.25) is 0 Å². The molecule has 0 unspecified atom stereocenters. The van der Waals surface area contributed by atoms with E-state index in [4.69, 9.17) is 16.3 Å². The molecule has 5 nitrogen and oxygen atoms in total. The first-order valence-corrected chi connectivity index (χ1v) is 8.77. The second kappa shape index (κ2) is 7.63. The number of phenols is 1.